The molecule has 0 radical (unpaired) electrons. The van der Waals surface area contributed by atoms with Crippen LogP contribution in [0.5, 0.6) is 0 Å². The van der Waals surface area contributed by atoms with Gasteiger partial charge in [0.25, 0.3) is 0 Å². The highest BCUT2D eigenvalue weighted by Gasteiger charge is 2.29. The molecule has 0 aromatic carbocycles. The second kappa shape index (κ2) is 5.85. The fourth-order valence-corrected chi connectivity index (χ4v) is 3.43. The third-order valence-corrected chi connectivity index (χ3v) is 4.38. The molecular weight excluding hydrogens is 270 g/mol. The van der Waals surface area contributed by atoms with Gasteiger partial charge in [-0.1, -0.05) is 0 Å². The van der Waals surface area contributed by atoms with Crippen molar-refractivity contribution in [1.29, 1.82) is 0 Å². The van der Waals surface area contributed by atoms with Crippen molar-refractivity contribution in [2.75, 3.05) is 11.9 Å². The first-order valence-electron chi connectivity index (χ1n) is 6.99. The number of nitrogens with one attached hydrogen (secondary N) is 1. The SMILES string of the molecule is CC(C)N1CCC[C@H]1c1csc(Nc2ncccn2)n1. The highest BCUT2D eigenvalue weighted by atomic mass is 32.1. The molecule has 1 N–H and O–H groups in total. The number of anilines is 2. The van der Waals surface area contributed by atoms with E-state index in [1.807, 2.05) is 0 Å². The number of likely N-dealkylation sites (tertiary alicyclic amines) is 1. The summed E-state index contributed by atoms with van der Waals surface area (Å²) < 4.78 is 0. The summed E-state index contributed by atoms with van der Waals surface area (Å²) in [6, 6.07) is 2.83. The Kier molecular flexibility index (Phi) is 3.93. The standard InChI is InChI=1S/C14H19N5S/c1-10(2)19-8-3-5-12(19)11-9-20-14(17-11)18-13-15-6-4-7-16-13/h4,6-7,9-10,12H,3,5,8H2,1-2H3,(H,15,16,17,18)/t12-/m0/s1. The minimum Gasteiger partial charge on any atom is -0.300 e. The first kappa shape index (κ1) is 13.5. The second-order valence-corrected chi connectivity index (χ2v) is 6.12. The Morgan fingerprint density at radius 1 is 1.35 bits per heavy atom. The lowest BCUT2D eigenvalue weighted by molar-refractivity contribution is 0.203. The van der Waals surface area contributed by atoms with Crippen LogP contribution in [0.4, 0.5) is 11.1 Å². The van der Waals surface area contributed by atoms with Crippen molar-refractivity contribution < 1.29 is 0 Å². The van der Waals surface area contributed by atoms with Crippen molar-refractivity contribution in [1.82, 2.24) is 19.9 Å². The van der Waals surface area contributed by atoms with Gasteiger partial charge >= 0.3 is 0 Å². The topological polar surface area (TPSA) is 53.9 Å². The Balaban J connectivity index is 1.73. The van der Waals surface area contributed by atoms with E-state index in [0.29, 0.717) is 18.0 Å². The first-order chi connectivity index (χ1) is 9.74. The van der Waals surface area contributed by atoms with E-state index in [-0.39, 0.29) is 0 Å². The van der Waals surface area contributed by atoms with E-state index >= 15 is 0 Å². The lowest BCUT2D eigenvalue weighted by Crippen LogP contribution is -2.30. The Morgan fingerprint density at radius 2 is 2.15 bits per heavy atom. The molecule has 0 aliphatic carbocycles. The maximum absolute atomic E-state index is 4.71. The zero-order valence-electron chi connectivity index (χ0n) is 11.8. The molecule has 2 aromatic heterocycles. The Hall–Kier alpha value is -1.53. The summed E-state index contributed by atoms with van der Waals surface area (Å²) in [5.41, 5.74) is 1.17. The molecule has 106 valence electrons. The average Bonchev–Trinajstić information content (AvgIpc) is 3.07. The molecule has 1 aliphatic rings. The summed E-state index contributed by atoms with van der Waals surface area (Å²) in [6.07, 6.45) is 5.90. The molecule has 5 nitrogen and oxygen atoms in total. The lowest BCUT2D eigenvalue weighted by atomic mass is 10.1. The molecular formula is C14H19N5S. The first-order valence-corrected chi connectivity index (χ1v) is 7.87. The lowest BCUT2D eigenvalue weighted by Gasteiger charge is -2.26. The van der Waals surface area contributed by atoms with Gasteiger partial charge in [0.05, 0.1) is 11.7 Å². The molecule has 3 rings (SSSR count). The van der Waals surface area contributed by atoms with Crippen LogP contribution < -0.4 is 5.32 Å². The number of thiazole rings is 1. The van der Waals surface area contributed by atoms with Crippen LogP contribution in [0.15, 0.2) is 23.8 Å². The fourth-order valence-electron chi connectivity index (χ4n) is 2.68. The number of nitrogens with zero attached hydrogens (tertiary/aromatic N) is 4. The molecule has 0 saturated carbocycles. The van der Waals surface area contributed by atoms with Gasteiger partial charge in [0.2, 0.25) is 5.95 Å². The van der Waals surface area contributed by atoms with Crippen molar-refractivity contribution in [3.05, 3.63) is 29.5 Å². The Labute approximate surface area is 123 Å². The van der Waals surface area contributed by atoms with Crippen LogP contribution in [0.1, 0.15) is 38.4 Å². The normalized spacial score (nSPS) is 19.6. The molecule has 1 aliphatic heterocycles. The minimum atomic E-state index is 0.457. The van der Waals surface area contributed by atoms with Crippen molar-refractivity contribution in [2.45, 2.75) is 38.8 Å². The van der Waals surface area contributed by atoms with Crippen molar-refractivity contribution in [3.63, 3.8) is 0 Å². The number of hydrogen-bond donors (Lipinski definition) is 1. The smallest absolute Gasteiger partial charge is 0.228 e. The van der Waals surface area contributed by atoms with Gasteiger partial charge in [0.15, 0.2) is 5.13 Å². The molecule has 0 spiro atoms. The number of hydrogen-bond acceptors (Lipinski definition) is 6. The molecule has 2 aromatic rings. The van der Waals surface area contributed by atoms with Crippen molar-refractivity contribution >= 4 is 22.4 Å². The van der Waals surface area contributed by atoms with E-state index in [1.165, 1.54) is 25.1 Å². The van der Waals surface area contributed by atoms with Gasteiger partial charge in [-0.25, -0.2) is 15.0 Å². The van der Waals surface area contributed by atoms with Gasteiger partial charge in [-0.15, -0.1) is 11.3 Å². The summed E-state index contributed by atoms with van der Waals surface area (Å²) in [7, 11) is 0. The highest BCUT2D eigenvalue weighted by molar-refractivity contribution is 7.13. The van der Waals surface area contributed by atoms with Gasteiger partial charge in [0, 0.05) is 23.8 Å². The summed E-state index contributed by atoms with van der Waals surface area (Å²) in [6.45, 7) is 5.67. The molecule has 6 heteroatoms. The largest absolute Gasteiger partial charge is 0.300 e. The number of aromatic nitrogens is 3. The maximum atomic E-state index is 4.71. The van der Waals surface area contributed by atoms with Crippen LogP contribution >= 0.6 is 11.3 Å². The van der Waals surface area contributed by atoms with Gasteiger partial charge in [-0.2, -0.15) is 0 Å². The molecule has 3 heterocycles. The molecule has 1 atom stereocenters. The predicted octanol–water partition coefficient (Wildman–Crippen LogP) is 3.22. The monoisotopic (exact) mass is 289 g/mol. The van der Waals surface area contributed by atoms with Crippen molar-refractivity contribution in [2.24, 2.45) is 0 Å². The van der Waals surface area contributed by atoms with E-state index in [2.05, 4.69) is 39.4 Å². The van der Waals surface area contributed by atoms with Crippen LogP contribution in [-0.2, 0) is 0 Å². The van der Waals surface area contributed by atoms with E-state index in [9.17, 15) is 0 Å². The predicted molar refractivity (Wildman–Crippen MR) is 81.2 cm³/mol. The summed E-state index contributed by atoms with van der Waals surface area (Å²) >= 11 is 1.62. The van der Waals surface area contributed by atoms with Gasteiger partial charge in [0.1, 0.15) is 0 Å². The Bertz CT molecular complexity index is 554. The van der Waals surface area contributed by atoms with Crippen molar-refractivity contribution in [3.8, 4) is 0 Å². The van der Waals surface area contributed by atoms with Crippen LogP contribution in [0, 0.1) is 0 Å². The molecule has 0 bridgehead atoms. The fraction of sp³-hybridized carbons (Fsp3) is 0.500. The molecule has 0 unspecified atom stereocenters. The van der Waals surface area contributed by atoms with Gasteiger partial charge < -0.3 is 5.32 Å². The van der Waals surface area contributed by atoms with Crippen LogP contribution in [-0.4, -0.2) is 32.4 Å². The Morgan fingerprint density at radius 3 is 2.90 bits per heavy atom. The second-order valence-electron chi connectivity index (χ2n) is 5.26. The average molecular weight is 289 g/mol. The van der Waals surface area contributed by atoms with Gasteiger partial charge in [-0.05, 0) is 39.3 Å². The molecule has 20 heavy (non-hydrogen) atoms. The summed E-state index contributed by atoms with van der Waals surface area (Å²) in [5.74, 6) is 0.598. The van der Waals surface area contributed by atoms with Crippen LogP contribution in [0.2, 0.25) is 0 Å². The molecule has 1 fully saturated rings. The molecule has 1 saturated heterocycles. The summed E-state index contributed by atoms with van der Waals surface area (Å²) in [5, 5.41) is 6.17. The third kappa shape index (κ3) is 2.81. The zero-order valence-corrected chi connectivity index (χ0v) is 12.6. The van der Waals surface area contributed by atoms with Gasteiger partial charge in [-0.3, -0.25) is 4.90 Å². The number of rotatable bonds is 4. The van der Waals surface area contributed by atoms with E-state index < -0.39 is 0 Å². The van der Waals surface area contributed by atoms with E-state index in [1.54, 1.807) is 29.8 Å². The quantitative estimate of drug-likeness (QED) is 0.936. The third-order valence-electron chi connectivity index (χ3n) is 3.61. The van der Waals surface area contributed by atoms with Crippen LogP contribution in [0.25, 0.3) is 0 Å². The maximum Gasteiger partial charge on any atom is 0.228 e. The molecule has 0 amide bonds. The highest BCUT2D eigenvalue weighted by Crippen LogP contribution is 2.35. The summed E-state index contributed by atoms with van der Waals surface area (Å²) in [4.78, 5) is 15.5. The zero-order chi connectivity index (χ0) is 13.9. The van der Waals surface area contributed by atoms with E-state index in [0.717, 1.165) is 5.13 Å². The minimum absolute atomic E-state index is 0.457. The van der Waals surface area contributed by atoms with Crippen LogP contribution in [0.3, 0.4) is 0 Å². The van der Waals surface area contributed by atoms with E-state index in [4.69, 9.17) is 4.98 Å².